The number of amides is 1. The monoisotopic (exact) mass is 419 g/mol. The van der Waals surface area contributed by atoms with Crippen LogP contribution in [0.1, 0.15) is 45.8 Å². The minimum Gasteiger partial charge on any atom is -0.490 e. The molecule has 0 fully saturated rings. The molecule has 4 rings (SSSR count). The normalized spacial score (nSPS) is 15.3. The summed E-state index contributed by atoms with van der Waals surface area (Å²) in [5.74, 6) is 0.905. The van der Waals surface area contributed by atoms with Gasteiger partial charge in [-0.15, -0.1) is 0 Å². The number of benzene rings is 2. The fraction of sp³-hybridized carbons (Fsp3) is 0.280. The molecule has 160 valence electrons. The fourth-order valence-electron chi connectivity index (χ4n) is 3.96. The molecule has 1 aromatic heterocycles. The van der Waals surface area contributed by atoms with Crippen molar-refractivity contribution in [2.75, 3.05) is 20.3 Å². The van der Waals surface area contributed by atoms with Crippen molar-refractivity contribution in [2.24, 2.45) is 0 Å². The van der Waals surface area contributed by atoms with Crippen molar-refractivity contribution < 1.29 is 18.7 Å². The molecule has 0 spiro atoms. The van der Waals surface area contributed by atoms with Crippen LogP contribution in [0.2, 0.25) is 0 Å². The lowest BCUT2D eigenvalue weighted by Gasteiger charge is -2.22. The molecule has 1 atom stereocenters. The molecule has 2 aromatic carbocycles. The third kappa shape index (κ3) is 3.38. The second-order valence-corrected chi connectivity index (χ2v) is 7.66. The van der Waals surface area contributed by atoms with Crippen molar-refractivity contribution in [3.63, 3.8) is 0 Å². The molecule has 0 N–H and O–H groups in total. The standard InChI is InChI=1S/C25H25NO5/c1-6-10-30-18-9-8-16(13-20(18)29-7-2)22-21-23(27)17-11-14(3)15(4)12-19(17)31-24(21)25(28)26(22)5/h6,8-9,11-13,22H,1,7,10H2,2-5H3. The van der Waals surface area contributed by atoms with Crippen molar-refractivity contribution in [3.8, 4) is 11.5 Å². The molecule has 31 heavy (non-hydrogen) atoms. The van der Waals surface area contributed by atoms with Gasteiger partial charge in [0.25, 0.3) is 5.91 Å². The van der Waals surface area contributed by atoms with Crippen molar-refractivity contribution in [2.45, 2.75) is 26.8 Å². The Bertz CT molecular complexity index is 1260. The Morgan fingerprint density at radius 2 is 1.84 bits per heavy atom. The van der Waals surface area contributed by atoms with Crippen LogP contribution in [0.4, 0.5) is 0 Å². The second kappa shape index (κ2) is 7.95. The largest absolute Gasteiger partial charge is 0.490 e. The average molecular weight is 419 g/mol. The first kappa shape index (κ1) is 20.7. The minimum absolute atomic E-state index is 0.0956. The van der Waals surface area contributed by atoms with Crippen LogP contribution in [-0.2, 0) is 0 Å². The van der Waals surface area contributed by atoms with Crippen LogP contribution < -0.4 is 14.9 Å². The number of aryl methyl sites for hydroxylation is 2. The molecule has 0 aliphatic carbocycles. The van der Waals surface area contributed by atoms with E-state index in [2.05, 4.69) is 6.58 Å². The number of carbonyl (C=O) groups excluding carboxylic acids is 1. The zero-order valence-electron chi connectivity index (χ0n) is 18.2. The fourth-order valence-corrected chi connectivity index (χ4v) is 3.96. The summed E-state index contributed by atoms with van der Waals surface area (Å²) >= 11 is 0. The van der Waals surface area contributed by atoms with Crippen molar-refractivity contribution in [1.29, 1.82) is 0 Å². The first-order chi connectivity index (χ1) is 14.9. The molecule has 1 aliphatic rings. The van der Waals surface area contributed by atoms with Crippen LogP contribution in [0.15, 0.2) is 52.2 Å². The Labute approximate surface area is 180 Å². The highest BCUT2D eigenvalue weighted by Crippen LogP contribution is 2.40. The number of fused-ring (bicyclic) bond motifs is 2. The smallest absolute Gasteiger partial charge is 0.290 e. The summed E-state index contributed by atoms with van der Waals surface area (Å²) < 4.78 is 17.4. The second-order valence-electron chi connectivity index (χ2n) is 7.66. The van der Waals surface area contributed by atoms with Gasteiger partial charge in [0.05, 0.1) is 23.6 Å². The number of hydrogen-bond acceptors (Lipinski definition) is 5. The molecule has 1 unspecified atom stereocenters. The van der Waals surface area contributed by atoms with E-state index in [1.165, 1.54) is 4.90 Å². The molecule has 6 heteroatoms. The van der Waals surface area contributed by atoms with Gasteiger partial charge >= 0.3 is 0 Å². The van der Waals surface area contributed by atoms with E-state index in [1.54, 1.807) is 19.2 Å². The number of hydrogen-bond donors (Lipinski definition) is 0. The quantitative estimate of drug-likeness (QED) is 0.549. The molecular weight excluding hydrogens is 394 g/mol. The minimum atomic E-state index is -0.572. The molecule has 0 saturated heterocycles. The summed E-state index contributed by atoms with van der Waals surface area (Å²) in [5, 5.41) is 0.478. The Balaban J connectivity index is 1.90. The van der Waals surface area contributed by atoms with E-state index in [0.29, 0.717) is 41.2 Å². The van der Waals surface area contributed by atoms with E-state index < -0.39 is 6.04 Å². The van der Waals surface area contributed by atoms with Gasteiger partial charge in [-0.25, -0.2) is 0 Å². The zero-order valence-corrected chi connectivity index (χ0v) is 18.2. The lowest BCUT2D eigenvalue weighted by Crippen LogP contribution is -2.25. The molecule has 0 radical (unpaired) electrons. The van der Waals surface area contributed by atoms with E-state index in [9.17, 15) is 9.59 Å². The maximum atomic E-state index is 13.5. The van der Waals surface area contributed by atoms with Gasteiger partial charge in [0.15, 0.2) is 16.9 Å². The topological polar surface area (TPSA) is 69.0 Å². The van der Waals surface area contributed by atoms with Gasteiger partial charge in [-0.1, -0.05) is 18.7 Å². The third-order valence-corrected chi connectivity index (χ3v) is 5.66. The highest BCUT2D eigenvalue weighted by molar-refractivity contribution is 5.99. The molecule has 1 aliphatic heterocycles. The van der Waals surface area contributed by atoms with Gasteiger partial charge in [-0.3, -0.25) is 9.59 Å². The maximum absolute atomic E-state index is 13.5. The summed E-state index contributed by atoms with van der Waals surface area (Å²) in [6, 6.07) is 8.51. The van der Waals surface area contributed by atoms with Crippen molar-refractivity contribution >= 4 is 16.9 Å². The summed E-state index contributed by atoms with van der Waals surface area (Å²) in [5.41, 5.74) is 3.34. The van der Waals surface area contributed by atoms with Crippen LogP contribution >= 0.6 is 0 Å². The van der Waals surface area contributed by atoms with Gasteiger partial charge in [-0.05, 0) is 61.7 Å². The Morgan fingerprint density at radius 1 is 1.10 bits per heavy atom. The van der Waals surface area contributed by atoms with Crippen molar-refractivity contribution in [3.05, 3.63) is 81.2 Å². The highest BCUT2D eigenvalue weighted by Gasteiger charge is 2.41. The number of carbonyl (C=O) groups is 1. The molecular formula is C25H25NO5. The summed E-state index contributed by atoms with van der Waals surface area (Å²) in [6.45, 7) is 10.2. The van der Waals surface area contributed by atoms with Crippen LogP contribution in [0.3, 0.4) is 0 Å². The Hall–Kier alpha value is -3.54. The molecule has 6 nitrogen and oxygen atoms in total. The summed E-state index contributed by atoms with van der Waals surface area (Å²) in [4.78, 5) is 28.0. The molecule has 0 saturated carbocycles. The number of ether oxygens (including phenoxy) is 2. The SMILES string of the molecule is C=CCOc1ccc(C2c3c(oc4cc(C)c(C)cc4c3=O)C(=O)N2C)cc1OCC. The molecule has 1 amide bonds. The summed E-state index contributed by atoms with van der Waals surface area (Å²) in [6.07, 6.45) is 1.66. The summed E-state index contributed by atoms with van der Waals surface area (Å²) in [7, 11) is 1.67. The molecule has 3 aromatic rings. The third-order valence-electron chi connectivity index (χ3n) is 5.66. The van der Waals surface area contributed by atoms with Gasteiger partial charge in [0.2, 0.25) is 5.76 Å². The lowest BCUT2D eigenvalue weighted by atomic mass is 9.97. The van der Waals surface area contributed by atoms with Crippen LogP contribution in [0.25, 0.3) is 11.0 Å². The van der Waals surface area contributed by atoms with Crippen LogP contribution in [0, 0.1) is 13.8 Å². The van der Waals surface area contributed by atoms with E-state index in [0.717, 1.165) is 16.7 Å². The van der Waals surface area contributed by atoms with Crippen LogP contribution in [-0.4, -0.2) is 31.1 Å². The van der Waals surface area contributed by atoms with Gasteiger partial charge < -0.3 is 18.8 Å². The average Bonchev–Trinajstić information content (AvgIpc) is 3.00. The van der Waals surface area contributed by atoms with E-state index in [4.69, 9.17) is 13.9 Å². The van der Waals surface area contributed by atoms with Crippen molar-refractivity contribution in [1.82, 2.24) is 4.90 Å². The van der Waals surface area contributed by atoms with Gasteiger partial charge in [0.1, 0.15) is 12.2 Å². The highest BCUT2D eigenvalue weighted by atomic mass is 16.5. The van der Waals surface area contributed by atoms with Gasteiger partial charge in [-0.2, -0.15) is 0 Å². The maximum Gasteiger partial charge on any atom is 0.290 e. The predicted molar refractivity (Wildman–Crippen MR) is 119 cm³/mol. The first-order valence-electron chi connectivity index (χ1n) is 10.2. The van der Waals surface area contributed by atoms with E-state index in [1.807, 2.05) is 45.0 Å². The number of nitrogens with zero attached hydrogens (tertiary/aromatic N) is 1. The first-order valence-corrected chi connectivity index (χ1v) is 10.2. The molecule has 0 bridgehead atoms. The van der Waals surface area contributed by atoms with E-state index in [-0.39, 0.29) is 17.1 Å². The van der Waals surface area contributed by atoms with Gasteiger partial charge in [0, 0.05) is 7.05 Å². The molecule has 2 heterocycles. The predicted octanol–water partition coefficient (Wildman–Crippen LogP) is 4.55. The van der Waals surface area contributed by atoms with E-state index >= 15 is 0 Å². The Morgan fingerprint density at radius 3 is 2.55 bits per heavy atom. The lowest BCUT2D eigenvalue weighted by molar-refractivity contribution is 0.0771. The van der Waals surface area contributed by atoms with Crippen LogP contribution in [0.5, 0.6) is 11.5 Å². The Kier molecular flexibility index (Phi) is 5.31. The zero-order chi connectivity index (χ0) is 22.3. The number of rotatable bonds is 6.